The van der Waals surface area contributed by atoms with Gasteiger partial charge in [-0.25, -0.2) is 0 Å². The molecule has 2 heteroatoms. The summed E-state index contributed by atoms with van der Waals surface area (Å²) in [5, 5.41) is 5.02. The van der Waals surface area contributed by atoms with Crippen LogP contribution in [0, 0.1) is 13.8 Å². The highest BCUT2D eigenvalue weighted by atomic mass is 14.7. The number of nitrogens with zero attached hydrogens (tertiary/aromatic N) is 2. The van der Waals surface area contributed by atoms with E-state index in [0.717, 1.165) is 11.4 Å². The highest BCUT2D eigenvalue weighted by Crippen LogP contribution is 2.15. The van der Waals surface area contributed by atoms with Crippen LogP contribution >= 0.6 is 0 Å². The lowest BCUT2D eigenvalue weighted by Crippen LogP contribution is -1.80. The molecule has 0 aliphatic rings. The molecule has 2 heterocycles. The minimum atomic E-state index is 1.10. The van der Waals surface area contributed by atoms with E-state index < -0.39 is 0 Å². The first-order valence-electron chi connectivity index (χ1n) is 7.36. The van der Waals surface area contributed by atoms with Crippen molar-refractivity contribution in [2.75, 3.05) is 0 Å². The zero-order valence-corrected chi connectivity index (χ0v) is 12.8. The molecule has 4 rings (SSSR count). The number of aryl methyl sites for hydroxylation is 2. The Bertz CT molecular complexity index is 825. The summed E-state index contributed by atoms with van der Waals surface area (Å²) in [5.41, 5.74) is 2.20. The van der Waals surface area contributed by atoms with Gasteiger partial charge in [0.2, 0.25) is 0 Å². The molecule has 2 nitrogen and oxygen atoms in total. The molecule has 108 valence electrons. The standard InChI is InChI=1S/2C10H9N/c2*1-8-10-5-3-2-4-9(10)6-7-11-8/h2*2-7H,1H3. The van der Waals surface area contributed by atoms with Crippen molar-refractivity contribution in [1.82, 2.24) is 9.97 Å². The molecule has 0 amide bonds. The largest absolute Gasteiger partial charge is 0.261 e. The minimum Gasteiger partial charge on any atom is -0.261 e. The summed E-state index contributed by atoms with van der Waals surface area (Å²) in [6, 6.07) is 20.6. The molecule has 0 N–H and O–H groups in total. The Morgan fingerprint density at radius 2 is 0.955 bits per heavy atom. The SMILES string of the molecule is Cc1nccc2ccccc12.Cc1nccc2ccccc12. The van der Waals surface area contributed by atoms with Gasteiger partial charge in [-0.1, -0.05) is 48.5 Å². The Labute approximate surface area is 130 Å². The molecule has 0 fully saturated rings. The number of pyridine rings is 2. The molecule has 0 atom stereocenters. The molecule has 4 aromatic rings. The Morgan fingerprint density at radius 1 is 0.545 bits per heavy atom. The van der Waals surface area contributed by atoms with E-state index in [1.165, 1.54) is 21.5 Å². The monoisotopic (exact) mass is 286 g/mol. The van der Waals surface area contributed by atoms with E-state index in [-0.39, 0.29) is 0 Å². The molecular formula is C20H18N2. The summed E-state index contributed by atoms with van der Waals surface area (Å²) in [5.74, 6) is 0. The van der Waals surface area contributed by atoms with Crippen molar-refractivity contribution in [2.45, 2.75) is 13.8 Å². The highest BCUT2D eigenvalue weighted by molar-refractivity contribution is 5.84. The van der Waals surface area contributed by atoms with Crippen LogP contribution in [0.2, 0.25) is 0 Å². The van der Waals surface area contributed by atoms with Gasteiger partial charge in [0.1, 0.15) is 0 Å². The van der Waals surface area contributed by atoms with Gasteiger partial charge in [-0.05, 0) is 36.8 Å². The van der Waals surface area contributed by atoms with Gasteiger partial charge in [-0.2, -0.15) is 0 Å². The Kier molecular flexibility index (Phi) is 4.10. The van der Waals surface area contributed by atoms with E-state index in [0.29, 0.717) is 0 Å². The second kappa shape index (κ2) is 6.35. The summed E-state index contributed by atoms with van der Waals surface area (Å²) in [7, 11) is 0. The smallest absolute Gasteiger partial charge is 0.0450 e. The van der Waals surface area contributed by atoms with Crippen molar-refractivity contribution in [3.05, 3.63) is 84.4 Å². The molecule has 0 saturated heterocycles. The van der Waals surface area contributed by atoms with Crippen LogP contribution in [0.3, 0.4) is 0 Å². The van der Waals surface area contributed by atoms with Gasteiger partial charge in [0.05, 0.1) is 0 Å². The number of hydrogen-bond donors (Lipinski definition) is 0. The Morgan fingerprint density at radius 3 is 1.36 bits per heavy atom. The van der Waals surface area contributed by atoms with Gasteiger partial charge in [-0.3, -0.25) is 9.97 Å². The van der Waals surface area contributed by atoms with Gasteiger partial charge in [0, 0.05) is 34.6 Å². The van der Waals surface area contributed by atoms with E-state index in [2.05, 4.69) is 34.2 Å². The number of fused-ring (bicyclic) bond motifs is 2. The lowest BCUT2D eigenvalue weighted by Gasteiger charge is -1.97. The predicted molar refractivity (Wildman–Crippen MR) is 93.0 cm³/mol. The third kappa shape index (κ3) is 2.96. The summed E-state index contributed by atoms with van der Waals surface area (Å²) >= 11 is 0. The molecule has 0 bridgehead atoms. The van der Waals surface area contributed by atoms with Gasteiger partial charge in [-0.15, -0.1) is 0 Å². The quantitative estimate of drug-likeness (QED) is 0.450. The van der Waals surface area contributed by atoms with Crippen LogP contribution < -0.4 is 0 Å². The first kappa shape index (κ1) is 14.2. The summed E-state index contributed by atoms with van der Waals surface area (Å²) in [4.78, 5) is 8.41. The lowest BCUT2D eigenvalue weighted by molar-refractivity contribution is 1.24. The minimum absolute atomic E-state index is 1.10. The third-order valence-corrected chi connectivity index (χ3v) is 3.75. The average molecular weight is 286 g/mol. The maximum Gasteiger partial charge on any atom is 0.0450 e. The first-order chi connectivity index (χ1) is 10.8. The number of benzene rings is 2. The van der Waals surface area contributed by atoms with Crippen molar-refractivity contribution in [1.29, 1.82) is 0 Å². The van der Waals surface area contributed by atoms with Crippen LogP contribution in [-0.2, 0) is 0 Å². The number of rotatable bonds is 0. The van der Waals surface area contributed by atoms with Gasteiger partial charge < -0.3 is 0 Å². The molecule has 0 aliphatic carbocycles. The van der Waals surface area contributed by atoms with Crippen molar-refractivity contribution >= 4 is 21.5 Å². The summed E-state index contributed by atoms with van der Waals surface area (Å²) < 4.78 is 0. The van der Waals surface area contributed by atoms with Crippen molar-refractivity contribution in [2.24, 2.45) is 0 Å². The molecule has 0 radical (unpaired) electrons. The Hall–Kier alpha value is -2.74. The van der Waals surface area contributed by atoms with Gasteiger partial charge in [0.25, 0.3) is 0 Å². The average Bonchev–Trinajstić information content (AvgIpc) is 2.57. The maximum absolute atomic E-state index is 4.21. The predicted octanol–water partition coefficient (Wildman–Crippen LogP) is 5.09. The number of aromatic nitrogens is 2. The molecule has 0 saturated carbocycles. The normalized spacial score (nSPS) is 10.3. The molecule has 2 aromatic carbocycles. The zero-order chi connectivity index (χ0) is 15.4. The van der Waals surface area contributed by atoms with Gasteiger partial charge in [0.15, 0.2) is 0 Å². The topological polar surface area (TPSA) is 25.8 Å². The number of hydrogen-bond acceptors (Lipinski definition) is 2. The van der Waals surface area contributed by atoms with Crippen molar-refractivity contribution < 1.29 is 0 Å². The second-order valence-electron chi connectivity index (χ2n) is 5.23. The van der Waals surface area contributed by atoms with Crippen molar-refractivity contribution in [3.8, 4) is 0 Å². The van der Waals surface area contributed by atoms with E-state index in [9.17, 15) is 0 Å². The molecular weight excluding hydrogens is 268 g/mol. The molecule has 0 unspecified atom stereocenters. The maximum atomic E-state index is 4.21. The van der Waals surface area contributed by atoms with Crippen LogP contribution in [0.25, 0.3) is 21.5 Å². The fraction of sp³-hybridized carbons (Fsp3) is 0.100. The summed E-state index contributed by atoms with van der Waals surface area (Å²) in [6.07, 6.45) is 3.69. The second-order valence-corrected chi connectivity index (χ2v) is 5.23. The summed E-state index contributed by atoms with van der Waals surface area (Å²) in [6.45, 7) is 4.06. The van der Waals surface area contributed by atoms with Gasteiger partial charge >= 0.3 is 0 Å². The Balaban J connectivity index is 0.000000131. The molecule has 0 aliphatic heterocycles. The van der Waals surface area contributed by atoms with Crippen LogP contribution in [0.4, 0.5) is 0 Å². The van der Waals surface area contributed by atoms with E-state index in [4.69, 9.17) is 0 Å². The van der Waals surface area contributed by atoms with E-state index in [1.807, 2.05) is 62.6 Å². The van der Waals surface area contributed by atoms with Crippen LogP contribution in [0.1, 0.15) is 11.4 Å². The van der Waals surface area contributed by atoms with Crippen LogP contribution in [0.15, 0.2) is 73.1 Å². The third-order valence-electron chi connectivity index (χ3n) is 3.75. The lowest BCUT2D eigenvalue weighted by atomic mass is 10.1. The van der Waals surface area contributed by atoms with Crippen LogP contribution in [-0.4, -0.2) is 9.97 Å². The van der Waals surface area contributed by atoms with E-state index >= 15 is 0 Å². The zero-order valence-electron chi connectivity index (χ0n) is 12.8. The van der Waals surface area contributed by atoms with Crippen molar-refractivity contribution in [3.63, 3.8) is 0 Å². The highest BCUT2D eigenvalue weighted by Gasteiger charge is 1.94. The van der Waals surface area contributed by atoms with E-state index in [1.54, 1.807) is 0 Å². The first-order valence-corrected chi connectivity index (χ1v) is 7.36. The fourth-order valence-corrected chi connectivity index (χ4v) is 2.54. The fourth-order valence-electron chi connectivity index (χ4n) is 2.54. The molecule has 0 spiro atoms. The molecule has 22 heavy (non-hydrogen) atoms. The van der Waals surface area contributed by atoms with Crippen LogP contribution in [0.5, 0.6) is 0 Å². The molecule has 2 aromatic heterocycles.